The minimum Gasteiger partial charge on any atom is -0.457 e. The van der Waals surface area contributed by atoms with E-state index in [1.165, 1.54) is 0 Å². The first kappa shape index (κ1) is 8.71. The number of aromatic nitrogens is 3. The molecular weight excluding hydrogens is 254 g/mol. The quantitative estimate of drug-likeness (QED) is 0.801. The van der Waals surface area contributed by atoms with Crippen molar-refractivity contribution in [1.29, 1.82) is 0 Å². The number of furan rings is 1. The van der Waals surface area contributed by atoms with Crippen molar-refractivity contribution in [2.45, 2.75) is 0 Å². The summed E-state index contributed by atoms with van der Waals surface area (Å²) in [4.78, 5) is 0. The van der Waals surface area contributed by atoms with Crippen molar-refractivity contribution >= 4 is 28.1 Å². The molecule has 2 rings (SSSR count). The maximum atomic E-state index is 5.10. The molecule has 68 valence electrons. The van der Waals surface area contributed by atoms with E-state index in [2.05, 4.69) is 26.1 Å². The normalized spacial score (nSPS) is 10.6. The van der Waals surface area contributed by atoms with Crippen LogP contribution in [0.2, 0.25) is 0 Å². The lowest BCUT2D eigenvalue weighted by atomic mass is 10.3. The van der Waals surface area contributed by atoms with Gasteiger partial charge >= 0.3 is 0 Å². The highest BCUT2D eigenvalue weighted by molar-refractivity contribution is 9.10. The van der Waals surface area contributed by atoms with Crippen LogP contribution in [0.15, 0.2) is 21.4 Å². The molecule has 2 aromatic heterocycles. The standard InChI is InChI=1S/C7H6BrN3OS/c1-11-6(9-10-7(11)13)4-2-3-12-5(4)8/h2-3H,1H3,(H,10,13). The Morgan fingerprint density at radius 2 is 2.46 bits per heavy atom. The minimum absolute atomic E-state index is 0.586. The van der Waals surface area contributed by atoms with Crippen molar-refractivity contribution in [2.75, 3.05) is 0 Å². The fourth-order valence-electron chi connectivity index (χ4n) is 1.04. The lowest BCUT2D eigenvalue weighted by molar-refractivity contribution is 0.541. The van der Waals surface area contributed by atoms with Crippen molar-refractivity contribution in [2.24, 2.45) is 7.05 Å². The first-order chi connectivity index (χ1) is 6.20. The summed E-state index contributed by atoms with van der Waals surface area (Å²) in [7, 11) is 1.85. The lowest BCUT2D eigenvalue weighted by Gasteiger charge is -1.95. The Balaban J connectivity index is 2.65. The van der Waals surface area contributed by atoms with Gasteiger partial charge in [0.05, 0.1) is 11.8 Å². The molecule has 0 amide bonds. The molecule has 0 unspecified atom stereocenters. The van der Waals surface area contributed by atoms with E-state index < -0.39 is 0 Å². The monoisotopic (exact) mass is 259 g/mol. The third kappa shape index (κ3) is 1.36. The molecule has 2 heterocycles. The number of halogens is 1. The maximum Gasteiger partial charge on any atom is 0.195 e. The molecule has 0 saturated carbocycles. The average molecular weight is 260 g/mol. The zero-order valence-corrected chi connectivity index (χ0v) is 9.15. The second-order valence-corrected chi connectivity index (χ2v) is 3.63. The lowest BCUT2D eigenvalue weighted by Crippen LogP contribution is -1.91. The Labute approximate surface area is 87.7 Å². The molecule has 0 aliphatic rings. The van der Waals surface area contributed by atoms with Crippen LogP contribution in [0.5, 0.6) is 0 Å². The zero-order valence-electron chi connectivity index (χ0n) is 6.74. The highest BCUT2D eigenvalue weighted by Crippen LogP contribution is 2.26. The van der Waals surface area contributed by atoms with Gasteiger partial charge in [0.1, 0.15) is 0 Å². The molecule has 13 heavy (non-hydrogen) atoms. The third-order valence-electron chi connectivity index (χ3n) is 1.74. The van der Waals surface area contributed by atoms with Gasteiger partial charge in [0.25, 0.3) is 0 Å². The van der Waals surface area contributed by atoms with Crippen LogP contribution in [-0.4, -0.2) is 14.8 Å². The zero-order chi connectivity index (χ0) is 9.42. The molecule has 0 radical (unpaired) electrons. The molecule has 4 nitrogen and oxygen atoms in total. The van der Waals surface area contributed by atoms with Gasteiger partial charge in [-0.3, -0.25) is 5.10 Å². The van der Waals surface area contributed by atoms with Crippen LogP contribution in [0.4, 0.5) is 0 Å². The molecule has 0 aromatic carbocycles. The number of H-pyrrole nitrogens is 1. The molecule has 0 bridgehead atoms. The summed E-state index contributed by atoms with van der Waals surface area (Å²) >= 11 is 8.27. The molecule has 2 aromatic rings. The van der Waals surface area contributed by atoms with Gasteiger partial charge in [-0.15, -0.1) is 0 Å². The van der Waals surface area contributed by atoms with Gasteiger partial charge in [-0.2, -0.15) is 5.10 Å². The predicted octanol–water partition coefficient (Wildman–Crippen LogP) is 2.50. The van der Waals surface area contributed by atoms with Crippen molar-refractivity contribution in [3.05, 3.63) is 21.8 Å². The Bertz CT molecular complexity index is 484. The summed E-state index contributed by atoms with van der Waals surface area (Å²) in [5.74, 6) is 0.755. The van der Waals surface area contributed by atoms with E-state index in [-0.39, 0.29) is 0 Å². The Morgan fingerprint density at radius 3 is 2.92 bits per heavy atom. The van der Waals surface area contributed by atoms with Crippen LogP contribution in [0.25, 0.3) is 11.4 Å². The molecule has 0 aliphatic carbocycles. The van der Waals surface area contributed by atoms with E-state index in [0.29, 0.717) is 9.44 Å². The van der Waals surface area contributed by atoms with E-state index in [1.807, 2.05) is 13.1 Å². The molecule has 0 atom stereocenters. The number of nitrogens with one attached hydrogen (secondary N) is 1. The second-order valence-electron chi connectivity index (χ2n) is 2.52. The van der Waals surface area contributed by atoms with Crippen molar-refractivity contribution < 1.29 is 4.42 Å². The van der Waals surface area contributed by atoms with Crippen molar-refractivity contribution in [3.63, 3.8) is 0 Å². The molecule has 0 fully saturated rings. The number of aromatic amines is 1. The van der Waals surface area contributed by atoms with Crippen molar-refractivity contribution in [1.82, 2.24) is 14.8 Å². The predicted molar refractivity (Wildman–Crippen MR) is 53.8 cm³/mol. The first-order valence-electron chi connectivity index (χ1n) is 3.55. The molecule has 6 heteroatoms. The fraction of sp³-hybridized carbons (Fsp3) is 0.143. The van der Waals surface area contributed by atoms with Gasteiger partial charge in [0, 0.05) is 7.05 Å². The van der Waals surface area contributed by atoms with Crippen LogP contribution in [0, 0.1) is 4.77 Å². The highest BCUT2D eigenvalue weighted by atomic mass is 79.9. The Kier molecular flexibility index (Phi) is 2.09. The van der Waals surface area contributed by atoms with E-state index in [9.17, 15) is 0 Å². The summed E-state index contributed by atoms with van der Waals surface area (Å²) in [5.41, 5.74) is 0.884. The van der Waals surface area contributed by atoms with Gasteiger partial charge < -0.3 is 8.98 Å². The van der Waals surface area contributed by atoms with Crippen LogP contribution in [-0.2, 0) is 7.05 Å². The molecule has 1 N–H and O–H groups in total. The molecule has 0 aliphatic heterocycles. The topological polar surface area (TPSA) is 46.8 Å². The Hall–Kier alpha value is -0.880. The summed E-state index contributed by atoms with van der Waals surface area (Å²) in [6.45, 7) is 0. The van der Waals surface area contributed by atoms with E-state index in [0.717, 1.165) is 11.4 Å². The molecule has 0 spiro atoms. The number of rotatable bonds is 1. The van der Waals surface area contributed by atoms with Crippen LogP contribution in [0.3, 0.4) is 0 Å². The number of nitrogens with zero attached hydrogens (tertiary/aromatic N) is 2. The minimum atomic E-state index is 0.586. The number of hydrogen-bond donors (Lipinski definition) is 1. The number of hydrogen-bond acceptors (Lipinski definition) is 3. The van der Waals surface area contributed by atoms with Gasteiger partial charge in [-0.25, -0.2) is 0 Å². The molecular formula is C7H6BrN3OS. The van der Waals surface area contributed by atoms with Crippen LogP contribution < -0.4 is 0 Å². The largest absolute Gasteiger partial charge is 0.457 e. The van der Waals surface area contributed by atoms with E-state index >= 15 is 0 Å². The van der Waals surface area contributed by atoms with Crippen molar-refractivity contribution in [3.8, 4) is 11.4 Å². The SMILES string of the molecule is Cn1c(-c2ccoc2Br)n[nH]c1=S. The third-order valence-corrected chi connectivity index (χ3v) is 2.72. The van der Waals surface area contributed by atoms with Gasteiger partial charge in [0.2, 0.25) is 0 Å². The Morgan fingerprint density at radius 1 is 1.69 bits per heavy atom. The van der Waals surface area contributed by atoms with Gasteiger partial charge in [-0.05, 0) is 34.2 Å². The summed E-state index contributed by atoms with van der Waals surface area (Å²) in [5, 5.41) is 6.78. The summed E-state index contributed by atoms with van der Waals surface area (Å²) < 4.78 is 8.12. The average Bonchev–Trinajstić information content (AvgIpc) is 2.62. The maximum absolute atomic E-state index is 5.10. The van der Waals surface area contributed by atoms with Crippen LogP contribution in [0.1, 0.15) is 0 Å². The highest BCUT2D eigenvalue weighted by Gasteiger charge is 2.11. The second kappa shape index (κ2) is 3.12. The van der Waals surface area contributed by atoms with E-state index in [4.69, 9.17) is 16.6 Å². The smallest absolute Gasteiger partial charge is 0.195 e. The van der Waals surface area contributed by atoms with Crippen LogP contribution >= 0.6 is 28.1 Å². The first-order valence-corrected chi connectivity index (χ1v) is 4.75. The molecule has 0 saturated heterocycles. The summed E-state index contributed by atoms with van der Waals surface area (Å²) in [6, 6.07) is 1.83. The fourth-order valence-corrected chi connectivity index (χ4v) is 1.59. The van der Waals surface area contributed by atoms with Gasteiger partial charge in [-0.1, -0.05) is 0 Å². The van der Waals surface area contributed by atoms with E-state index in [1.54, 1.807) is 10.8 Å². The van der Waals surface area contributed by atoms with Gasteiger partial charge in [0.15, 0.2) is 15.3 Å². The summed E-state index contributed by atoms with van der Waals surface area (Å²) in [6.07, 6.45) is 1.59.